The van der Waals surface area contributed by atoms with Gasteiger partial charge in [-0.15, -0.1) is 0 Å². The van der Waals surface area contributed by atoms with Gasteiger partial charge in [0, 0.05) is 13.5 Å². The molecular weight excluding hydrogens is 320 g/mol. The average Bonchev–Trinajstić information content (AvgIpc) is 2.73. The van der Waals surface area contributed by atoms with Crippen LogP contribution < -0.4 is 4.74 Å². The minimum absolute atomic E-state index is 0.267. The Balaban J connectivity index is 1.95. The summed E-state index contributed by atoms with van der Waals surface area (Å²) in [4.78, 5) is 0. The van der Waals surface area contributed by atoms with Gasteiger partial charge in [-0.25, -0.2) is 0 Å². The third-order valence-corrected chi connectivity index (χ3v) is 4.03. The third kappa shape index (κ3) is 3.61. The summed E-state index contributed by atoms with van der Waals surface area (Å²) in [5.41, 5.74) is 2.00. The van der Waals surface area contributed by atoms with Crippen LogP contribution in [0, 0.1) is 0 Å². The van der Waals surface area contributed by atoms with Crippen molar-refractivity contribution in [1.82, 2.24) is 9.78 Å². The quantitative estimate of drug-likeness (QED) is 0.880. The molecule has 2 aromatic rings. The minimum Gasteiger partial charge on any atom is -0.491 e. The van der Waals surface area contributed by atoms with Crippen LogP contribution in [0.15, 0.2) is 34.8 Å². The van der Waals surface area contributed by atoms with Crippen molar-refractivity contribution in [1.29, 1.82) is 0 Å². The van der Waals surface area contributed by atoms with E-state index in [9.17, 15) is 5.11 Å². The molecule has 1 aromatic carbocycles. The van der Waals surface area contributed by atoms with E-state index in [0.717, 1.165) is 28.0 Å². The number of halogens is 1. The zero-order valence-corrected chi connectivity index (χ0v) is 13.3. The zero-order valence-electron chi connectivity index (χ0n) is 11.7. The maximum Gasteiger partial charge on any atom is 0.119 e. The second kappa shape index (κ2) is 6.90. The van der Waals surface area contributed by atoms with Crippen molar-refractivity contribution in [2.45, 2.75) is 25.9 Å². The second-order valence-corrected chi connectivity index (χ2v) is 5.46. The average molecular weight is 339 g/mol. The fourth-order valence-electron chi connectivity index (χ4n) is 2.03. The summed E-state index contributed by atoms with van der Waals surface area (Å²) in [6.45, 7) is 2.33. The summed E-state index contributed by atoms with van der Waals surface area (Å²) in [7, 11) is 1.89. The van der Waals surface area contributed by atoms with Crippen molar-refractivity contribution in [2.75, 3.05) is 6.61 Å². The smallest absolute Gasteiger partial charge is 0.119 e. The second-order valence-electron chi connectivity index (χ2n) is 4.67. The molecule has 2 rings (SSSR count). The predicted molar refractivity (Wildman–Crippen MR) is 81.9 cm³/mol. The third-order valence-electron chi connectivity index (χ3n) is 3.12. The van der Waals surface area contributed by atoms with E-state index in [2.05, 4.69) is 28.0 Å². The first kappa shape index (κ1) is 15.1. The van der Waals surface area contributed by atoms with Gasteiger partial charge in [0.1, 0.15) is 12.4 Å². The Morgan fingerprint density at radius 3 is 2.65 bits per heavy atom. The van der Waals surface area contributed by atoms with E-state index < -0.39 is 6.10 Å². The van der Waals surface area contributed by atoms with Crippen LogP contribution in [0.4, 0.5) is 0 Å². The lowest BCUT2D eigenvalue weighted by molar-refractivity contribution is 0.106. The number of aromatic nitrogens is 2. The van der Waals surface area contributed by atoms with Gasteiger partial charge in [0.15, 0.2) is 0 Å². The van der Waals surface area contributed by atoms with Gasteiger partial charge in [0.25, 0.3) is 0 Å². The molecule has 0 aliphatic rings. The number of nitrogens with zero attached hydrogens (tertiary/aromatic N) is 2. The van der Waals surface area contributed by atoms with Crippen LogP contribution >= 0.6 is 15.9 Å². The van der Waals surface area contributed by atoms with Gasteiger partial charge in [-0.1, -0.05) is 25.1 Å². The van der Waals surface area contributed by atoms with E-state index in [0.29, 0.717) is 6.42 Å². The lowest BCUT2D eigenvalue weighted by Crippen LogP contribution is -2.21. The van der Waals surface area contributed by atoms with Crippen molar-refractivity contribution >= 4 is 15.9 Å². The molecular formula is C15H19BrN2O2. The Morgan fingerprint density at radius 2 is 2.05 bits per heavy atom. The highest BCUT2D eigenvalue weighted by atomic mass is 79.9. The van der Waals surface area contributed by atoms with Crippen LogP contribution in [0.5, 0.6) is 5.75 Å². The first-order chi connectivity index (χ1) is 9.61. The van der Waals surface area contributed by atoms with Crippen molar-refractivity contribution in [3.05, 3.63) is 46.2 Å². The van der Waals surface area contributed by atoms with E-state index in [1.54, 1.807) is 0 Å². The largest absolute Gasteiger partial charge is 0.491 e. The van der Waals surface area contributed by atoms with Gasteiger partial charge < -0.3 is 9.84 Å². The highest BCUT2D eigenvalue weighted by Gasteiger charge is 2.16. The molecule has 0 saturated heterocycles. The first-order valence-electron chi connectivity index (χ1n) is 6.68. The van der Waals surface area contributed by atoms with E-state index in [1.165, 1.54) is 0 Å². The highest BCUT2D eigenvalue weighted by Crippen LogP contribution is 2.23. The van der Waals surface area contributed by atoms with E-state index >= 15 is 0 Å². The molecule has 1 unspecified atom stereocenters. The summed E-state index contributed by atoms with van der Waals surface area (Å²) < 4.78 is 8.36. The Bertz CT molecular complexity index is 555. The van der Waals surface area contributed by atoms with Crippen molar-refractivity contribution < 1.29 is 9.84 Å². The van der Waals surface area contributed by atoms with Crippen LogP contribution in [0.1, 0.15) is 18.3 Å². The van der Waals surface area contributed by atoms with E-state index in [4.69, 9.17) is 4.74 Å². The maximum atomic E-state index is 10.1. The molecule has 0 aliphatic heterocycles. The van der Waals surface area contributed by atoms with Crippen LogP contribution in [-0.2, 0) is 19.9 Å². The Morgan fingerprint density at radius 1 is 1.35 bits per heavy atom. The van der Waals surface area contributed by atoms with Crippen molar-refractivity contribution in [3.8, 4) is 5.75 Å². The maximum absolute atomic E-state index is 10.1. The number of benzene rings is 1. The van der Waals surface area contributed by atoms with E-state index in [-0.39, 0.29) is 6.61 Å². The summed E-state index contributed by atoms with van der Waals surface area (Å²) in [6.07, 6.45) is 0.814. The first-order valence-corrected chi connectivity index (χ1v) is 7.47. The Kier molecular flexibility index (Phi) is 5.20. The molecule has 1 N–H and O–H groups in total. The summed E-state index contributed by atoms with van der Waals surface area (Å²) in [6, 6.07) is 9.51. The number of rotatable bonds is 6. The molecule has 0 amide bonds. The number of ether oxygens (including phenoxy) is 1. The molecule has 4 nitrogen and oxygen atoms in total. The SMILES string of the molecule is CCc1nn(C)c(CC(O)COc2ccccc2)c1Br. The number of para-hydroxylation sites is 1. The summed E-state index contributed by atoms with van der Waals surface area (Å²) >= 11 is 3.55. The molecule has 1 aromatic heterocycles. The van der Waals surface area contributed by atoms with Crippen LogP contribution in [-0.4, -0.2) is 27.6 Å². The topological polar surface area (TPSA) is 47.3 Å². The molecule has 0 aliphatic carbocycles. The van der Waals surface area contributed by atoms with Gasteiger partial charge in [-0.2, -0.15) is 5.10 Å². The van der Waals surface area contributed by atoms with Gasteiger partial charge in [-0.05, 0) is 34.5 Å². The summed E-state index contributed by atoms with van der Waals surface area (Å²) in [5.74, 6) is 0.768. The standard InChI is InChI=1S/C15H19BrN2O2/c1-3-13-15(16)14(18(2)17-13)9-11(19)10-20-12-7-5-4-6-8-12/h4-8,11,19H,3,9-10H2,1-2H3. The molecule has 5 heteroatoms. The molecule has 1 atom stereocenters. The normalized spacial score (nSPS) is 12.4. The van der Waals surface area contributed by atoms with E-state index in [1.807, 2.05) is 42.1 Å². The summed E-state index contributed by atoms with van der Waals surface area (Å²) in [5, 5.41) is 14.5. The number of aryl methyl sites for hydroxylation is 2. The van der Waals surface area contributed by atoms with Gasteiger partial charge >= 0.3 is 0 Å². The van der Waals surface area contributed by atoms with Gasteiger partial charge in [0.05, 0.1) is 22.0 Å². The lowest BCUT2D eigenvalue weighted by Gasteiger charge is -2.12. The Hall–Kier alpha value is -1.33. The predicted octanol–water partition coefficient (Wildman–Crippen LogP) is 2.73. The molecule has 0 fully saturated rings. The van der Waals surface area contributed by atoms with Crippen molar-refractivity contribution in [2.24, 2.45) is 7.05 Å². The van der Waals surface area contributed by atoms with Crippen molar-refractivity contribution in [3.63, 3.8) is 0 Å². The minimum atomic E-state index is -0.563. The molecule has 0 saturated carbocycles. The Labute approximate surface area is 127 Å². The zero-order chi connectivity index (χ0) is 14.5. The number of hydrogen-bond donors (Lipinski definition) is 1. The van der Waals surface area contributed by atoms with Gasteiger partial charge in [0.2, 0.25) is 0 Å². The monoisotopic (exact) mass is 338 g/mol. The highest BCUT2D eigenvalue weighted by molar-refractivity contribution is 9.10. The molecule has 1 heterocycles. The molecule has 20 heavy (non-hydrogen) atoms. The molecule has 0 radical (unpaired) electrons. The molecule has 108 valence electrons. The van der Waals surface area contributed by atoms with Crippen LogP contribution in [0.3, 0.4) is 0 Å². The fraction of sp³-hybridized carbons (Fsp3) is 0.400. The molecule has 0 bridgehead atoms. The number of hydrogen-bond acceptors (Lipinski definition) is 3. The fourth-order valence-corrected chi connectivity index (χ4v) is 2.81. The number of aliphatic hydroxyl groups excluding tert-OH is 1. The van der Waals surface area contributed by atoms with Gasteiger partial charge in [-0.3, -0.25) is 4.68 Å². The van der Waals surface area contributed by atoms with Crippen LogP contribution in [0.2, 0.25) is 0 Å². The lowest BCUT2D eigenvalue weighted by atomic mass is 10.2. The van der Waals surface area contributed by atoms with Crippen LogP contribution in [0.25, 0.3) is 0 Å². The molecule has 0 spiro atoms. The number of aliphatic hydroxyl groups is 1.